The van der Waals surface area contributed by atoms with Gasteiger partial charge in [0, 0.05) is 43.5 Å². The number of hydrogen-bond acceptors (Lipinski definition) is 7. The van der Waals surface area contributed by atoms with E-state index in [4.69, 9.17) is 4.98 Å². The molecule has 3 aromatic heterocycles. The number of pyridine rings is 2. The summed E-state index contributed by atoms with van der Waals surface area (Å²) in [6, 6.07) is 8.72. The summed E-state index contributed by atoms with van der Waals surface area (Å²) in [5.41, 5.74) is 3.26. The number of amides is 1. The fraction of sp³-hybridized carbons (Fsp3) is 0.360. The Morgan fingerprint density at radius 1 is 1.26 bits per heavy atom. The smallest absolute Gasteiger partial charge is 0.246 e. The molecule has 4 fully saturated rings. The number of piperidine rings is 1. The first-order valence-electron chi connectivity index (χ1n) is 11.4. The number of piperazine rings is 1. The second kappa shape index (κ2) is 7.30. The predicted octanol–water partition coefficient (Wildman–Crippen LogP) is 1.81. The molecular weight excluding hydrogens is 430 g/mol. The molecule has 34 heavy (non-hydrogen) atoms. The van der Waals surface area contributed by atoms with Gasteiger partial charge in [-0.05, 0) is 37.6 Å². The minimum absolute atomic E-state index is 0.00549. The van der Waals surface area contributed by atoms with Gasteiger partial charge in [-0.25, -0.2) is 9.50 Å². The largest absolute Gasteiger partial charge is 0.386 e. The van der Waals surface area contributed by atoms with Gasteiger partial charge < -0.3 is 19.8 Å². The number of carbonyl (C=O) groups excluding carboxylic acids is 1. The Morgan fingerprint density at radius 2 is 2.03 bits per heavy atom. The van der Waals surface area contributed by atoms with Crippen LogP contribution in [0.5, 0.6) is 0 Å². The SMILES string of the molecule is C=CC(=O)N1C2CC1CN(c1ccc(-c3cc(N4CC(C)(O)C4)cn4ncc(C#N)c34)cn1)C2. The molecule has 2 bridgehead atoms. The highest BCUT2D eigenvalue weighted by molar-refractivity contribution is 5.89. The molecule has 0 aromatic carbocycles. The lowest BCUT2D eigenvalue weighted by molar-refractivity contribution is -0.140. The van der Waals surface area contributed by atoms with E-state index in [1.807, 2.05) is 42.4 Å². The maximum atomic E-state index is 12.1. The van der Waals surface area contributed by atoms with E-state index in [-0.39, 0.29) is 18.0 Å². The van der Waals surface area contributed by atoms with Crippen LogP contribution in [0.1, 0.15) is 18.9 Å². The van der Waals surface area contributed by atoms with Gasteiger partial charge in [-0.2, -0.15) is 10.4 Å². The third kappa shape index (κ3) is 3.14. The number of fused-ring (bicyclic) bond motifs is 3. The summed E-state index contributed by atoms with van der Waals surface area (Å²) in [6.07, 6.45) is 7.73. The van der Waals surface area contributed by atoms with Gasteiger partial charge in [0.2, 0.25) is 5.91 Å². The third-order valence-electron chi connectivity index (χ3n) is 7.15. The molecule has 2 unspecified atom stereocenters. The van der Waals surface area contributed by atoms with E-state index in [0.29, 0.717) is 18.7 Å². The average Bonchev–Trinajstić information content (AvgIpc) is 3.25. The van der Waals surface area contributed by atoms with Gasteiger partial charge >= 0.3 is 0 Å². The van der Waals surface area contributed by atoms with Gasteiger partial charge in [-0.15, -0.1) is 0 Å². The molecule has 7 heterocycles. The normalized spacial score (nSPS) is 22.7. The summed E-state index contributed by atoms with van der Waals surface area (Å²) in [4.78, 5) is 23.0. The Labute approximate surface area is 197 Å². The molecule has 0 radical (unpaired) electrons. The molecule has 2 atom stereocenters. The molecule has 3 aromatic rings. The van der Waals surface area contributed by atoms with Crippen LogP contribution in [-0.2, 0) is 4.79 Å². The number of aromatic nitrogens is 3. The average molecular weight is 456 g/mol. The van der Waals surface area contributed by atoms with Crippen LogP contribution in [-0.4, -0.2) is 74.4 Å². The van der Waals surface area contributed by atoms with Crippen LogP contribution in [0, 0.1) is 11.3 Å². The van der Waals surface area contributed by atoms with E-state index in [0.717, 1.165) is 47.7 Å². The number of rotatable bonds is 4. The lowest BCUT2D eigenvalue weighted by atomic mass is 9.87. The van der Waals surface area contributed by atoms with Gasteiger partial charge in [0.05, 0.1) is 46.8 Å². The Balaban J connectivity index is 1.30. The number of β-amino-alcohol motifs (C(OH)–C–C–N with tert-alkyl or cyclic N) is 1. The van der Waals surface area contributed by atoms with Crippen molar-refractivity contribution in [1.82, 2.24) is 19.5 Å². The first-order chi connectivity index (χ1) is 16.4. The van der Waals surface area contributed by atoms with Gasteiger partial charge in [-0.3, -0.25) is 4.79 Å². The first kappa shape index (κ1) is 20.7. The van der Waals surface area contributed by atoms with Crippen molar-refractivity contribution in [2.45, 2.75) is 31.0 Å². The van der Waals surface area contributed by atoms with E-state index in [1.54, 1.807) is 10.7 Å². The number of aliphatic hydroxyl groups is 1. The zero-order valence-corrected chi connectivity index (χ0v) is 18.9. The fourth-order valence-corrected chi connectivity index (χ4v) is 5.54. The van der Waals surface area contributed by atoms with Crippen LogP contribution in [0.15, 0.2) is 49.4 Å². The molecule has 9 heteroatoms. The number of nitriles is 1. The predicted molar refractivity (Wildman–Crippen MR) is 127 cm³/mol. The molecule has 172 valence electrons. The van der Waals surface area contributed by atoms with Gasteiger partial charge in [0.25, 0.3) is 0 Å². The standard InChI is InChI=1S/C25H25N7O2/c1-3-23(33)32-19-6-20(32)12-29(11-19)22-5-4-16(9-27-22)21-7-18(30-14-25(2,34)15-30)13-31-24(21)17(8-26)10-28-31/h3-5,7,9-10,13,19-20,34H,1,6,11-12,14-15H2,2H3. The van der Waals surface area contributed by atoms with Crippen molar-refractivity contribution in [2.24, 2.45) is 0 Å². The molecule has 7 rings (SSSR count). The van der Waals surface area contributed by atoms with Crippen LogP contribution in [0.4, 0.5) is 11.5 Å². The van der Waals surface area contributed by atoms with Crippen LogP contribution in [0.25, 0.3) is 16.6 Å². The zero-order chi connectivity index (χ0) is 23.6. The molecule has 1 amide bonds. The molecular formula is C25H25N7O2. The van der Waals surface area contributed by atoms with Crippen molar-refractivity contribution in [3.63, 3.8) is 0 Å². The van der Waals surface area contributed by atoms with E-state index in [2.05, 4.69) is 27.5 Å². The molecule has 0 spiro atoms. The van der Waals surface area contributed by atoms with E-state index in [1.165, 1.54) is 6.08 Å². The topological polar surface area (TPSA) is 101 Å². The van der Waals surface area contributed by atoms with Crippen molar-refractivity contribution in [3.8, 4) is 17.2 Å². The zero-order valence-electron chi connectivity index (χ0n) is 18.9. The minimum Gasteiger partial charge on any atom is -0.386 e. The van der Waals surface area contributed by atoms with E-state index >= 15 is 0 Å². The lowest BCUT2D eigenvalue weighted by Crippen LogP contribution is -2.70. The first-order valence-corrected chi connectivity index (χ1v) is 11.4. The quantitative estimate of drug-likeness (QED) is 0.599. The highest BCUT2D eigenvalue weighted by atomic mass is 16.3. The van der Waals surface area contributed by atoms with Crippen LogP contribution >= 0.6 is 0 Å². The molecule has 4 aliphatic heterocycles. The molecule has 4 aliphatic rings. The highest BCUT2D eigenvalue weighted by Crippen LogP contribution is 2.37. The molecule has 4 saturated heterocycles. The van der Waals surface area contributed by atoms with Crippen molar-refractivity contribution >= 4 is 22.9 Å². The highest BCUT2D eigenvalue weighted by Gasteiger charge is 2.46. The fourth-order valence-electron chi connectivity index (χ4n) is 5.54. The molecule has 1 N–H and O–H groups in total. The second-order valence-electron chi connectivity index (χ2n) is 9.73. The van der Waals surface area contributed by atoms with Crippen LogP contribution in [0.3, 0.4) is 0 Å². The van der Waals surface area contributed by atoms with Crippen molar-refractivity contribution in [1.29, 1.82) is 5.26 Å². The maximum absolute atomic E-state index is 12.1. The summed E-state index contributed by atoms with van der Waals surface area (Å²) in [7, 11) is 0. The Kier molecular flexibility index (Phi) is 4.44. The lowest BCUT2D eigenvalue weighted by Gasteiger charge is -2.56. The summed E-state index contributed by atoms with van der Waals surface area (Å²) >= 11 is 0. The number of anilines is 2. The van der Waals surface area contributed by atoms with Crippen LogP contribution < -0.4 is 9.80 Å². The van der Waals surface area contributed by atoms with Crippen molar-refractivity contribution in [2.75, 3.05) is 36.0 Å². The van der Waals surface area contributed by atoms with Gasteiger partial charge in [-0.1, -0.05) is 6.58 Å². The Hall–Kier alpha value is -3.90. The molecule has 0 aliphatic carbocycles. The van der Waals surface area contributed by atoms with Crippen LogP contribution in [0.2, 0.25) is 0 Å². The third-order valence-corrected chi connectivity index (χ3v) is 7.15. The monoisotopic (exact) mass is 455 g/mol. The number of nitrogens with zero attached hydrogens (tertiary/aromatic N) is 7. The summed E-state index contributed by atoms with van der Waals surface area (Å²) in [5, 5.41) is 24.2. The number of hydrogen-bond donors (Lipinski definition) is 1. The second-order valence-corrected chi connectivity index (χ2v) is 9.73. The van der Waals surface area contributed by atoms with Crippen molar-refractivity contribution < 1.29 is 9.90 Å². The summed E-state index contributed by atoms with van der Waals surface area (Å²) in [5.74, 6) is 0.884. The molecule has 0 saturated carbocycles. The van der Waals surface area contributed by atoms with E-state index < -0.39 is 5.60 Å². The number of carbonyl (C=O) groups is 1. The summed E-state index contributed by atoms with van der Waals surface area (Å²) in [6.45, 7) is 8.05. The molecule has 9 nitrogen and oxygen atoms in total. The maximum Gasteiger partial charge on any atom is 0.246 e. The Bertz CT molecular complexity index is 1330. The van der Waals surface area contributed by atoms with Gasteiger partial charge in [0.15, 0.2) is 0 Å². The van der Waals surface area contributed by atoms with Gasteiger partial charge in [0.1, 0.15) is 11.9 Å². The summed E-state index contributed by atoms with van der Waals surface area (Å²) < 4.78 is 1.73. The van der Waals surface area contributed by atoms with Crippen molar-refractivity contribution in [3.05, 3.63) is 55.0 Å². The Morgan fingerprint density at radius 3 is 2.65 bits per heavy atom. The minimum atomic E-state index is -0.693. The van der Waals surface area contributed by atoms with E-state index in [9.17, 15) is 15.2 Å².